The van der Waals surface area contributed by atoms with Gasteiger partial charge in [-0.05, 0) is 12.5 Å². The zero-order valence-corrected chi connectivity index (χ0v) is 9.73. The Labute approximate surface area is 98.7 Å². The van der Waals surface area contributed by atoms with Gasteiger partial charge in [0.05, 0.1) is 18.5 Å². The Kier molecular flexibility index (Phi) is 4.45. The lowest BCUT2D eigenvalue weighted by molar-refractivity contribution is -0.384. The van der Waals surface area contributed by atoms with E-state index in [0.29, 0.717) is 12.2 Å². The number of nitro groups is 1. The van der Waals surface area contributed by atoms with Crippen LogP contribution in [0.2, 0.25) is 0 Å². The Balaban J connectivity index is 2.76. The number of methoxy groups -OCH3 is 1. The topological polar surface area (TPSA) is 81.5 Å². The van der Waals surface area contributed by atoms with Crippen LogP contribution in [0, 0.1) is 17.0 Å². The second-order valence-corrected chi connectivity index (χ2v) is 3.48. The summed E-state index contributed by atoms with van der Waals surface area (Å²) < 4.78 is 4.48. The van der Waals surface area contributed by atoms with E-state index in [0.717, 1.165) is 5.56 Å². The lowest BCUT2D eigenvalue weighted by atomic mass is 10.1. The van der Waals surface area contributed by atoms with Crippen molar-refractivity contribution in [2.45, 2.75) is 13.3 Å². The van der Waals surface area contributed by atoms with Crippen molar-refractivity contribution in [1.82, 2.24) is 0 Å². The minimum absolute atomic E-state index is 0.00914. The maximum atomic E-state index is 10.9. The molecule has 0 aliphatic heterocycles. The number of nitrogens with one attached hydrogen (secondary N) is 1. The first-order valence-electron chi connectivity index (χ1n) is 5.11. The number of carbonyl (C=O) groups is 1. The third-order valence-corrected chi connectivity index (χ3v) is 2.31. The Hall–Kier alpha value is -2.11. The number of carbonyl (C=O) groups excluding carboxylic acids is 1. The summed E-state index contributed by atoms with van der Waals surface area (Å²) in [7, 11) is 1.30. The van der Waals surface area contributed by atoms with E-state index in [2.05, 4.69) is 10.1 Å². The number of benzene rings is 1. The number of nitrogens with zero attached hydrogens (tertiary/aromatic N) is 1. The average Bonchev–Trinajstić information content (AvgIpc) is 2.30. The standard InChI is InChI=1S/C11H14N2O4/c1-8-4-3-5-9(13(15)16)11(8)12-7-6-10(14)17-2/h3-5,12H,6-7H2,1-2H3. The summed E-state index contributed by atoms with van der Waals surface area (Å²) in [6.45, 7) is 2.08. The summed E-state index contributed by atoms with van der Waals surface area (Å²) in [5.74, 6) is -0.353. The molecule has 0 saturated carbocycles. The van der Waals surface area contributed by atoms with Crippen LogP contribution in [-0.4, -0.2) is 24.5 Å². The van der Waals surface area contributed by atoms with Gasteiger partial charge < -0.3 is 10.1 Å². The van der Waals surface area contributed by atoms with Crippen molar-refractivity contribution in [2.75, 3.05) is 19.0 Å². The normalized spacial score (nSPS) is 9.76. The SMILES string of the molecule is COC(=O)CCNc1c(C)cccc1[N+](=O)[O-]. The third-order valence-electron chi connectivity index (χ3n) is 2.31. The van der Waals surface area contributed by atoms with Crippen LogP contribution in [0.25, 0.3) is 0 Å². The number of esters is 1. The van der Waals surface area contributed by atoms with Gasteiger partial charge in [-0.2, -0.15) is 0 Å². The first-order chi connectivity index (χ1) is 8.06. The molecule has 0 heterocycles. The maximum absolute atomic E-state index is 10.9. The number of aryl methyl sites for hydroxylation is 1. The summed E-state index contributed by atoms with van der Waals surface area (Å²) in [5.41, 5.74) is 1.22. The van der Waals surface area contributed by atoms with Crippen LogP contribution in [0.3, 0.4) is 0 Å². The highest BCUT2D eigenvalue weighted by molar-refractivity contribution is 5.71. The van der Waals surface area contributed by atoms with E-state index in [1.54, 1.807) is 19.1 Å². The van der Waals surface area contributed by atoms with Crippen LogP contribution in [0.15, 0.2) is 18.2 Å². The van der Waals surface area contributed by atoms with Gasteiger partial charge >= 0.3 is 5.97 Å². The van der Waals surface area contributed by atoms with Crippen LogP contribution in [0.4, 0.5) is 11.4 Å². The van der Waals surface area contributed by atoms with E-state index in [9.17, 15) is 14.9 Å². The minimum Gasteiger partial charge on any atom is -0.469 e. The van der Waals surface area contributed by atoms with Crippen LogP contribution >= 0.6 is 0 Å². The summed E-state index contributed by atoms with van der Waals surface area (Å²) in [4.78, 5) is 21.3. The molecular weight excluding hydrogens is 224 g/mol. The molecule has 0 amide bonds. The number of anilines is 1. The molecule has 17 heavy (non-hydrogen) atoms. The zero-order chi connectivity index (χ0) is 12.8. The predicted octanol–water partition coefficient (Wildman–Crippen LogP) is 1.88. The first-order valence-corrected chi connectivity index (χ1v) is 5.11. The molecule has 1 aromatic carbocycles. The van der Waals surface area contributed by atoms with Crippen molar-refractivity contribution in [3.05, 3.63) is 33.9 Å². The Bertz CT molecular complexity index is 431. The summed E-state index contributed by atoms with van der Waals surface area (Å²) in [5, 5.41) is 13.7. The largest absolute Gasteiger partial charge is 0.469 e. The average molecular weight is 238 g/mol. The van der Waals surface area contributed by atoms with Gasteiger partial charge in [0.2, 0.25) is 0 Å². The molecule has 1 aromatic rings. The predicted molar refractivity (Wildman–Crippen MR) is 63.0 cm³/mol. The number of ether oxygens (including phenoxy) is 1. The maximum Gasteiger partial charge on any atom is 0.307 e. The molecule has 0 spiro atoms. The summed E-state index contributed by atoms with van der Waals surface area (Å²) >= 11 is 0. The van der Waals surface area contributed by atoms with E-state index in [1.165, 1.54) is 13.2 Å². The van der Waals surface area contributed by atoms with Crippen molar-refractivity contribution in [2.24, 2.45) is 0 Å². The van der Waals surface area contributed by atoms with Gasteiger partial charge in [0.15, 0.2) is 0 Å². The smallest absolute Gasteiger partial charge is 0.307 e. The molecule has 1 rings (SSSR count). The van der Waals surface area contributed by atoms with E-state index in [4.69, 9.17) is 0 Å². The van der Waals surface area contributed by atoms with Crippen molar-refractivity contribution in [1.29, 1.82) is 0 Å². The molecule has 6 heteroatoms. The highest BCUT2D eigenvalue weighted by atomic mass is 16.6. The van der Waals surface area contributed by atoms with Gasteiger partial charge in [-0.25, -0.2) is 0 Å². The van der Waals surface area contributed by atoms with Gasteiger partial charge in [-0.15, -0.1) is 0 Å². The van der Waals surface area contributed by atoms with Crippen LogP contribution < -0.4 is 5.32 Å². The second-order valence-electron chi connectivity index (χ2n) is 3.48. The first kappa shape index (κ1) is 13.0. The van der Waals surface area contributed by atoms with Gasteiger partial charge in [-0.1, -0.05) is 12.1 Å². The van der Waals surface area contributed by atoms with Crippen LogP contribution in [-0.2, 0) is 9.53 Å². The van der Waals surface area contributed by atoms with E-state index in [1.807, 2.05) is 0 Å². The third kappa shape index (κ3) is 3.44. The molecule has 0 aliphatic carbocycles. The van der Waals surface area contributed by atoms with Gasteiger partial charge in [-0.3, -0.25) is 14.9 Å². The van der Waals surface area contributed by atoms with Gasteiger partial charge in [0.1, 0.15) is 5.69 Å². The number of rotatable bonds is 5. The van der Waals surface area contributed by atoms with E-state index < -0.39 is 4.92 Å². The van der Waals surface area contributed by atoms with Gasteiger partial charge in [0.25, 0.3) is 5.69 Å². The summed E-state index contributed by atoms with van der Waals surface area (Å²) in [6, 6.07) is 4.82. The van der Waals surface area contributed by atoms with Gasteiger partial charge in [0, 0.05) is 12.6 Å². The minimum atomic E-state index is -0.451. The highest BCUT2D eigenvalue weighted by Gasteiger charge is 2.15. The molecule has 0 saturated heterocycles. The summed E-state index contributed by atoms with van der Waals surface area (Å²) in [6.07, 6.45) is 0.169. The van der Waals surface area contributed by atoms with Crippen molar-refractivity contribution in [3.8, 4) is 0 Å². The molecule has 0 aliphatic rings. The molecule has 0 fully saturated rings. The molecule has 0 bridgehead atoms. The monoisotopic (exact) mass is 238 g/mol. The lowest BCUT2D eigenvalue weighted by Gasteiger charge is -2.09. The lowest BCUT2D eigenvalue weighted by Crippen LogP contribution is -2.11. The fraction of sp³-hybridized carbons (Fsp3) is 0.364. The molecule has 1 N–H and O–H groups in total. The molecule has 0 atom stereocenters. The molecular formula is C11H14N2O4. The quantitative estimate of drug-likeness (QED) is 0.481. The Morgan fingerprint density at radius 3 is 2.82 bits per heavy atom. The molecule has 6 nitrogen and oxygen atoms in total. The molecule has 0 radical (unpaired) electrons. The molecule has 0 aromatic heterocycles. The number of nitro benzene ring substituents is 1. The Morgan fingerprint density at radius 1 is 1.53 bits per heavy atom. The number of hydrogen-bond acceptors (Lipinski definition) is 5. The molecule has 92 valence electrons. The van der Waals surface area contributed by atoms with Crippen LogP contribution in [0.1, 0.15) is 12.0 Å². The number of hydrogen-bond donors (Lipinski definition) is 1. The van der Waals surface area contributed by atoms with E-state index in [-0.39, 0.29) is 18.1 Å². The van der Waals surface area contributed by atoms with Crippen molar-refractivity contribution in [3.63, 3.8) is 0 Å². The number of para-hydroxylation sites is 1. The van der Waals surface area contributed by atoms with E-state index >= 15 is 0 Å². The zero-order valence-electron chi connectivity index (χ0n) is 9.73. The highest BCUT2D eigenvalue weighted by Crippen LogP contribution is 2.27. The fourth-order valence-corrected chi connectivity index (χ4v) is 1.43. The fourth-order valence-electron chi connectivity index (χ4n) is 1.43. The second kappa shape index (κ2) is 5.83. The molecule has 0 unspecified atom stereocenters. The van der Waals surface area contributed by atoms with Crippen molar-refractivity contribution < 1.29 is 14.5 Å². The van der Waals surface area contributed by atoms with Crippen LogP contribution in [0.5, 0.6) is 0 Å². The Morgan fingerprint density at radius 2 is 2.24 bits per heavy atom. The van der Waals surface area contributed by atoms with Crippen molar-refractivity contribution >= 4 is 17.3 Å².